The summed E-state index contributed by atoms with van der Waals surface area (Å²) in [7, 11) is 0. The maximum atomic E-state index is 13.8. The van der Waals surface area contributed by atoms with E-state index in [1.807, 2.05) is 61.5 Å². The zero-order valence-electron chi connectivity index (χ0n) is 21.0. The number of carbonyl (C=O) groups is 2. The van der Waals surface area contributed by atoms with Gasteiger partial charge in [0, 0.05) is 15.1 Å². The Labute approximate surface area is 244 Å². The van der Waals surface area contributed by atoms with Crippen molar-refractivity contribution in [2.24, 2.45) is 0 Å². The fraction of sp³-hybridized carbons (Fsp3) is 0.207. The number of hydrogen-bond acceptors (Lipinski definition) is 5. The van der Waals surface area contributed by atoms with Crippen molar-refractivity contribution in [3.63, 3.8) is 0 Å². The molecule has 1 aliphatic heterocycles. The molecule has 3 atom stereocenters. The number of aromatic nitrogens is 2. The van der Waals surface area contributed by atoms with E-state index in [-0.39, 0.29) is 30.2 Å². The van der Waals surface area contributed by atoms with Crippen molar-refractivity contribution < 1.29 is 19.4 Å². The van der Waals surface area contributed by atoms with Crippen molar-refractivity contribution in [3.05, 3.63) is 105 Å². The van der Waals surface area contributed by atoms with Crippen LogP contribution in [0.5, 0.6) is 5.75 Å². The molecule has 1 unspecified atom stereocenters. The van der Waals surface area contributed by atoms with Gasteiger partial charge in [0.05, 0.1) is 12.3 Å². The molecular formula is C29H26ClIN4O4. The molecule has 0 spiro atoms. The largest absolute Gasteiger partial charge is 0.491 e. The maximum absolute atomic E-state index is 13.8. The molecule has 5 rings (SSSR count). The molecule has 10 heteroatoms. The van der Waals surface area contributed by atoms with Crippen LogP contribution in [-0.2, 0) is 4.79 Å². The van der Waals surface area contributed by atoms with E-state index in [1.165, 1.54) is 4.90 Å². The van der Waals surface area contributed by atoms with Gasteiger partial charge in [-0.25, -0.2) is 9.78 Å². The first-order valence-corrected chi connectivity index (χ1v) is 13.9. The van der Waals surface area contributed by atoms with Gasteiger partial charge in [-0.2, -0.15) is 0 Å². The molecule has 1 saturated heterocycles. The second-order valence-corrected chi connectivity index (χ2v) is 10.8. The Morgan fingerprint density at radius 2 is 1.74 bits per heavy atom. The van der Waals surface area contributed by atoms with Crippen molar-refractivity contribution in [1.82, 2.24) is 20.2 Å². The smallest absolute Gasteiger partial charge is 0.325 e. The number of imide groups is 1. The minimum atomic E-state index is -0.865. The van der Waals surface area contributed by atoms with Crippen molar-refractivity contribution in [2.45, 2.75) is 24.9 Å². The van der Waals surface area contributed by atoms with E-state index in [2.05, 4.69) is 37.9 Å². The summed E-state index contributed by atoms with van der Waals surface area (Å²) in [4.78, 5) is 36.4. The number of imidazole rings is 1. The number of hydrogen-bond donors (Lipinski definition) is 3. The second kappa shape index (κ2) is 11.8. The molecule has 1 aromatic heterocycles. The van der Waals surface area contributed by atoms with Gasteiger partial charge in [0.25, 0.3) is 5.91 Å². The summed E-state index contributed by atoms with van der Waals surface area (Å²) in [6, 6.07) is 22.3. The van der Waals surface area contributed by atoms with E-state index in [1.54, 1.807) is 24.3 Å². The van der Waals surface area contributed by atoms with Gasteiger partial charge in [0.15, 0.2) is 5.15 Å². The quantitative estimate of drug-likeness (QED) is 0.155. The topological polar surface area (TPSA) is 108 Å². The summed E-state index contributed by atoms with van der Waals surface area (Å²) in [6.45, 7) is 2.03. The fourth-order valence-corrected chi connectivity index (χ4v) is 5.35. The van der Waals surface area contributed by atoms with Crippen LogP contribution in [0.15, 0.2) is 78.9 Å². The number of aromatic amines is 1. The Bertz CT molecular complexity index is 1460. The van der Waals surface area contributed by atoms with Gasteiger partial charge in [-0.05, 0) is 58.0 Å². The van der Waals surface area contributed by atoms with Gasteiger partial charge in [-0.15, -0.1) is 0 Å². The minimum Gasteiger partial charge on any atom is -0.491 e. The number of carbonyl (C=O) groups excluding carboxylic acids is 2. The Morgan fingerprint density at radius 1 is 1.05 bits per heavy atom. The van der Waals surface area contributed by atoms with Crippen LogP contribution >= 0.6 is 34.2 Å². The first-order valence-electron chi connectivity index (χ1n) is 12.4. The molecule has 0 bridgehead atoms. The maximum Gasteiger partial charge on any atom is 0.325 e. The predicted octanol–water partition coefficient (Wildman–Crippen LogP) is 5.84. The highest BCUT2D eigenvalue weighted by Gasteiger charge is 2.46. The molecule has 0 saturated carbocycles. The lowest BCUT2D eigenvalue weighted by molar-refractivity contribution is -0.129. The van der Waals surface area contributed by atoms with Crippen LogP contribution < -0.4 is 10.1 Å². The third-order valence-electron chi connectivity index (χ3n) is 6.71. The lowest BCUT2D eigenvalue weighted by Crippen LogP contribution is -2.38. The van der Waals surface area contributed by atoms with Crippen LogP contribution in [0.2, 0.25) is 5.15 Å². The normalized spacial score (nSPS) is 16.7. The van der Waals surface area contributed by atoms with Crippen molar-refractivity contribution >= 4 is 46.1 Å². The van der Waals surface area contributed by atoms with E-state index >= 15 is 0 Å². The number of H-pyrrole nitrogens is 1. The highest BCUT2D eigenvalue weighted by atomic mass is 127. The molecule has 1 aliphatic rings. The number of benzene rings is 3. The van der Waals surface area contributed by atoms with Gasteiger partial charge in [-0.1, -0.05) is 73.1 Å². The Kier molecular flexibility index (Phi) is 8.20. The standard InChI is InChI=1S/C29H26ClIN4O4/c1-17(18-5-3-2-4-6-18)25(27-32-23(26(30)34-27)19-7-11-21(31)12-8-19)35-28(37)24(33-29(35)38)20-9-13-22(14-10-20)39-16-15-36/h2-14,17,24-25,36H,15-16H2,1H3,(H,32,34)(H,33,38)/t17-,24?,25-/m0/s1. The molecule has 200 valence electrons. The zero-order chi connectivity index (χ0) is 27.5. The average Bonchev–Trinajstić information content (AvgIpc) is 3.48. The molecule has 0 aliphatic carbocycles. The van der Waals surface area contributed by atoms with Gasteiger partial charge < -0.3 is 20.1 Å². The summed E-state index contributed by atoms with van der Waals surface area (Å²) >= 11 is 8.83. The first kappa shape index (κ1) is 27.2. The van der Waals surface area contributed by atoms with Crippen LogP contribution in [0.1, 0.15) is 41.9 Å². The minimum absolute atomic E-state index is 0.100. The van der Waals surface area contributed by atoms with Crippen LogP contribution in [-0.4, -0.2) is 45.1 Å². The van der Waals surface area contributed by atoms with Crippen LogP contribution in [0.4, 0.5) is 4.79 Å². The Balaban J connectivity index is 1.51. The van der Waals surface area contributed by atoms with E-state index in [4.69, 9.17) is 21.4 Å². The molecule has 3 amide bonds. The molecule has 3 N–H and O–H groups in total. The van der Waals surface area contributed by atoms with Crippen molar-refractivity contribution in [2.75, 3.05) is 13.2 Å². The van der Waals surface area contributed by atoms with Gasteiger partial charge in [-0.3, -0.25) is 9.69 Å². The molecule has 4 aromatic rings. The summed E-state index contributed by atoms with van der Waals surface area (Å²) < 4.78 is 6.50. The third kappa shape index (κ3) is 5.66. The highest BCUT2D eigenvalue weighted by molar-refractivity contribution is 14.1. The van der Waals surface area contributed by atoms with E-state index < -0.39 is 18.1 Å². The van der Waals surface area contributed by atoms with Crippen molar-refractivity contribution in [3.8, 4) is 17.0 Å². The predicted molar refractivity (Wildman–Crippen MR) is 156 cm³/mol. The zero-order valence-corrected chi connectivity index (χ0v) is 23.9. The van der Waals surface area contributed by atoms with Gasteiger partial charge >= 0.3 is 6.03 Å². The third-order valence-corrected chi connectivity index (χ3v) is 7.71. The molecule has 3 aromatic carbocycles. The van der Waals surface area contributed by atoms with Crippen LogP contribution in [0.25, 0.3) is 11.3 Å². The number of aliphatic hydroxyl groups excluding tert-OH is 1. The fourth-order valence-electron chi connectivity index (χ4n) is 4.74. The summed E-state index contributed by atoms with van der Waals surface area (Å²) in [5.41, 5.74) is 3.04. The number of ether oxygens (including phenoxy) is 1. The molecule has 0 radical (unpaired) electrons. The van der Waals surface area contributed by atoms with Gasteiger partial charge in [0.2, 0.25) is 0 Å². The number of nitrogens with zero attached hydrogens (tertiary/aromatic N) is 2. The van der Waals surface area contributed by atoms with E-state index in [0.29, 0.717) is 22.8 Å². The van der Waals surface area contributed by atoms with E-state index in [9.17, 15) is 9.59 Å². The number of nitrogens with one attached hydrogen (secondary N) is 2. The molecule has 1 fully saturated rings. The average molecular weight is 657 g/mol. The Morgan fingerprint density at radius 3 is 2.41 bits per heavy atom. The number of urea groups is 1. The Hall–Kier alpha value is -3.41. The molecule has 2 heterocycles. The van der Waals surface area contributed by atoms with Crippen molar-refractivity contribution in [1.29, 1.82) is 0 Å². The summed E-state index contributed by atoms with van der Waals surface area (Å²) in [6.07, 6.45) is 0. The monoisotopic (exact) mass is 656 g/mol. The summed E-state index contributed by atoms with van der Waals surface area (Å²) in [5, 5.41) is 12.1. The number of amides is 3. The van der Waals surface area contributed by atoms with Crippen LogP contribution in [0, 0.1) is 3.57 Å². The lowest BCUT2D eigenvalue weighted by Gasteiger charge is -2.29. The lowest BCUT2D eigenvalue weighted by atomic mass is 9.91. The number of rotatable bonds is 9. The van der Waals surface area contributed by atoms with E-state index in [0.717, 1.165) is 14.7 Å². The van der Waals surface area contributed by atoms with Gasteiger partial charge in [0.1, 0.15) is 30.3 Å². The first-order chi connectivity index (χ1) is 18.9. The molecule has 8 nitrogen and oxygen atoms in total. The number of halogens is 2. The highest BCUT2D eigenvalue weighted by Crippen LogP contribution is 2.40. The SMILES string of the molecule is C[C@@H](c1ccccc1)[C@@H](c1nc(Cl)c(-c2ccc(I)cc2)[nH]1)N1C(=O)NC(c2ccc(OCCO)cc2)C1=O. The second-order valence-electron chi connectivity index (χ2n) is 9.17. The molecular weight excluding hydrogens is 631 g/mol. The molecule has 39 heavy (non-hydrogen) atoms. The van der Waals surface area contributed by atoms with Crippen LogP contribution in [0.3, 0.4) is 0 Å². The summed E-state index contributed by atoms with van der Waals surface area (Å²) in [5.74, 6) is 0.299. The number of aliphatic hydroxyl groups is 1.